The molecular formula is C71H61BN2OS. The molecule has 0 unspecified atom stereocenters. The monoisotopic (exact) mass is 1000 g/mol. The van der Waals surface area contributed by atoms with E-state index in [0.29, 0.717) is 0 Å². The number of rotatable bonds is 5. The maximum atomic E-state index is 7.45. The summed E-state index contributed by atoms with van der Waals surface area (Å²) in [5.41, 5.74) is 26.1. The predicted octanol–water partition coefficient (Wildman–Crippen LogP) is 18.3. The highest BCUT2D eigenvalue weighted by Crippen LogP contribution is 2.56. The van der Waals surface area contributed by atoms with Gasteiger partial charge in [0.05, 0.1) is 16.4 Å². The quantitative estimate of drug-likeness (QED) is 0.174. The molecule has 3 aromatic heterocycles. The van der Waals surface area contributed by atoms with Gasteiger partial charge in [-0.3, -0.25) is 0 Å². The first-order chi connectivity index (χ1) is 36.5. The number of thiophene rings is 1. The Balaban J connectivity index is 1.11. The fourth-order valence-corrected chi connectivity index (χ4v) is 15.3. The minimum absolute atomic E-state index is 0.0124. The number of anilines is 2. The summed E-state index contributed by atoms with van der Waals surface area (Å²) in [6, 6.07) is 64.4. The number of hydrogen-bond acceptors (Lipinski definition) is 3. The summed E-state index contributed by atoms with van der Waals surface area (Å²) in [4.78, 5) is 1.31. The van der Waals surface area contributed by atoms with E-state index in [1.807, 2.05) is 11.3 Å². The lowest BCUT2D eigenvalue weighted by Crippen LogP contribution is -2.37. The lowest BCUT2D eigenvalue weighted by molar-refractivity contribution is 0.332. The van der Waals surface area contributed by atoms with Crippen LogP contribution >= 0.6 is 11.3 Å². The minimum Gasteiger partial charge on any atom is -0.455 e. The Bertz CT molecular complexity index is 4440. The van der Waals surface area contributed by atoms with Crippen LogP contribution in [0.5, 0.6) is 0 Å². The van der Waals surface area contributed by atoms with Crippen molar-refractivity contribution in [3.63, 3.8) is 0 Å². The van der Waals surface area contributed by atoms with Crippen LogP contribution in [-0.4, -0.2) is 11.8 Å². The van der Waals surface area contributed by atoms with Gasteiger partial charge in [-0.25, -0.2) is 0 Å². The van der Waals surface area contributed by atoms with Gasteiger partial charge in [0.1, 0.15) is 11.2 Å². The molecule has 0 bridgehead atoms. The van der Waals surface area contributed by atoms with Gasteiger partial charge in [0.25, 0.3) is 0 Å². The maximum Gasteiger partial charge on any atom is 0.198 e. The molecule has 2 aliphatic carbocycles. The van der Waals surface area contributed by atoms with Crippen LogP contribution in [0.4, 0.5) is 11.4 Å². The molecule has 5 heteroatoms. The second-order valence-corrected chi connectivity index (χ2v) is 26.2. The summed E-state index contributed by atoms with van der Waals surface area (Å²) in [5.74, 6) is 0. The molecule has 0 saturated heterocycles. The summed E-state index contributed by atoms with van der Waals surface area (Å²) in [5, 5.41) is 10.2. The molecule has 0 amide bonds. The van der Waals surface area contributed by atoms with E-state index in [9.17, 15) is 0 Å². The minimum atomic E-state index is -0.192. The maximum absolute atomic E-state index is 7.45. The fourth-order valence-electron chi connectivity index (χ4n) is 14.0. The molecule has 3 aliphatic rings. The molecule has 3 nitrogen and oxygen atoms in total. The van der Waals surface area contributed by atoms with E-state index in [1.54, 1.807) is 0 Å². The molecule has 1 N–H and O–H groups in total. The van der Waals surface area contributed by atoms with Crippen molar-refractivity contribution in [3.8, 4) is 49.5 Å². The van der Waals surface area contributed by atoms with Gasteiger partial charge in [0.15, 0.2) is 7.28 Å². The number of nitrogens with one attached hydrogen (secondary N) is 1. The number of fused-ring (bicyclic) bond motifs is 14. The van der Waals surface area contributed by atoms with Crippen LogP contribution in [0, 0.1) is 0 Å². The van der Waals surface area contributed by atoms with Gasteiger partial charge in [0.2, 0.25) is 0 Å². The van der Waals surface area contributed by atoms with Crippen LogP contribution in [-0.2, 0) is 21.7 Å². The van der Waals surface area contributed by atoms with Crippen LogP contribution in [0.25, 0.3) is 103 Å². The van der Waals surface area contributed by atoms with Crippen molar-refractivity contribution in [2.24, 2.45) is 0 Å². The first kappa shape index (κ1) is 45.8. The van der Waals surface area contributed by atoms with Crippen molar-refractivity contribution in [2.75, 3.05) is 5.32 Å². The summed E-state index contributed by atoms with van der Waals surface area (Å²) in [6.45, 7) is 21.5. The van der Waals surface area contributed by atoms with Crippen LogP contribution in [0.3, 0.4) is 0 Å². The number of furan rings is 1. The SMILES string of the molecule is CC(C)(C)c1ccc(Nc2cc3c(cc2-c2c4c5c(c6cc7c(cc6n5-c5cc6c(-c8ccccc8)c(-c8ccccc8)sc6cc5B4)C(C)(C)CCC7(C)C)c4oc5ccccc5c24)-c2ccccc2C3(C)C)cc1. The van der Waals surface area contributed by atoms with Gasteiger partial charge in [-0.2, -0.15) is 0 Å². The zero-order chi connectivity index (χ0) is 51.8. The van der Waals surface area contributed by atoms with E-state index in [-0.39, 0.29) is 21.7 Å². The third kappa shape index (κ3) is 6.48. The van der Waals surface area contributed by atoms with E-state index < -0.39 is 0 Å². The lowest BCUT2D eigenvalue weighted by atomic mass is 9.58. The van der Waals surface area contributed by atoms with Crippen molar-refractivity contribution < 1.29 is 4.42 Å². The molecule has 4 heterocycles. The van der Waals surface area contributed by atoms with Gasteiger partial charge >= 0.3 is 0 Å². The van der Waals surface area contributed by atoms with Crippen molar-refractivity contribution in [1.82, 2.24) is 4.57 Å². The zero-order valence-corrected chi connectivity index (χ0v) is 45.9. The topological polar surface area (TPSA) is 30.1 Å². The number of nitrogens with zero attached hydrogens (tertiary/aromatic N) is 1. The highest BCUT2D eigenvalue weighted by molar-refractivity contribution is 7.23. The third-order valence-corrected chi connectivity index (χ3v) is 19.4. The Hall–Kier alpha value is -7.60. The Morgan fingerprint density at radius 1 is 0.566 bits per heavy atom. The Kier molecular flexibility index (Phi) is 9.48. The van der Waals surface area contributed by atoms with E-state index in [0.717, 1.165) is 48.0 Å². The lowest BCUT2D eigenvalue weighted by Gasteiger charge is -2.42. The van der Waals surface area contributed by atoms with E-state index in [2.05, 4.69) is 242 Å². The average molecular weight is 1000 g/mol. The molecular weight excluding hydrogens is 940 g/mol. The number of benzene rings is 9. The van der Waals surface area contributed by atoms with Gasteiger partial charge in [-0.1, -0.05) is 183 Å². The first-order valence-corrected chi connectivity index (χ1v) is 28.2. The van der Waals surface area contributed by atoms with Crippen LogP contribution in [0.2, 0.25) is 0 Å². The summed E-state index contributed by atoms with van der Waals surface area (Å²) >= 11 is 1.93. The number of hydrogen-bond donors (Lipinski definition) is 1. The molecule has 0 atom stereocenters. The van der Waals surface area contributed by atoms with Gasteiger partial charge in [0, 0.05) is 64.7 Å². The number of para-hydroxylation sites is 1. The first-order valence-electron chi connectivity index (χ1n) is 27.4. The second-order valence-electron chi connectivity index (χ2n) is 25.2. The van der Waals surface area contributed by atoms with Crippen LogP contribution < -0.4 is 16.2 Å². The summed E-state index contributed by atoms with van der Waals surface area (Å²) < 4.78 is 11.4. The third-order valence-electron chi connectivity index (χ3n) is 18.2. The van der Waals surface area contributed by atoms with Crippen molar-refractivity contribution in [1.29, 1.82) is 0 Å². The molecule has 0 saturated carbocycles. The van der Waals surface area contributed by atoms with Gasteiger partial charge < -0.3 is 14.3 Å². The fraction of sp³-hybridized carbons (Fsp3) is 0.211. The Morgan fingerprint density at radius 2 is 1.24 bits per heavy atom. The number of aromatic nitrogens is 1. The summed E-state index contributed by atoms with van der Waals surface area (Å²) in [7, 11) is 0.762. The molecule has 15 rings (SSSR count). The normalized spacial score (nSPS) is 15.8. The molecule has 0 spiro atoms. The molecule has 76 heavy (non-hydrogen) atoms. The molecule has 12 aromatic rings. The molecule has 9 aromatic carbocycles. The standard InChI is InChI=1S/C71H61BN2OS/c1-68(2,3)42-28-30-43(31-29-42)73-55-37-51-46(44-24-16-18-26-50(44)71(51,8)9)34-47(55)61-62-45-25-17-19-27-58(45)75-66(62)63-48-35-52-53(70(6,7)33-32-69(52,4)5)38-56(48)74-57-36-49-59(39-54(57)72-64(61)65(63)74)76-67(41-22-14-11-15-23-41)60(49)40-20-12-10-13-21-40/h10-31,34-39,72-73H,32-33H2,1-9H3. The zero-order valence-electron chi connectivity index (χ0n) is 45.1. The molecule has 0 fully saturated rings. The van der Waals surface area contributed by atoms with Crippen LogP contribution in [0.1, 0.15) is 103 Å². The van der Waals surface area contributed by atoms with E-state index >= 15 is 0 Å². The van der Waals surface area contributed by atoms with Crippen molar-refractivity contribution in [2.45, 2.75) is 96.8 Å². The predicted molar refractivity (Wildman–Crippen MR) is 327 cm³/mol. The highest BCUT2D eigenvalue weighted by atomic mass is 32.1. The highest BCUT2D eigenvalue weighted by Gasteiger charge is 2.41. The molecule has 0 radical (unpaired) electrons. The molecule has 1 aliphatic heterocycles. The Morgan fingerprint density at radius 3 is 1.97 bits per heavy atom. The van der Waals surface area contributed by atoms with E-state index in [1.165, 1.54) is 126 Å². The van der Waals surface area contributed by atoms with Crippen molar-refractivity contribution in [3.05, 3.63) is 198 Å². The Labute approximate surface area is 450 Å². The van der Waals surface area contributed by atoms with Crippen LogP contribution in [0.15, 0.2) is 174 Å². The molecule has 370 valence electrons. The average Bonchev–Trinajstić information content (AvgIpc) is 4.14. The van der Waals surface area contributed by atoms with Crippen molar-refractivity contribution >= 4 is 94.7 Å². The van der Waals surface area contributed by atoms with Gasteiger partial charge in [-0.05, 0) is 145 Å². The van der Waals surface area contributed by atoms with E-state index in [4.69, 9.17) is 4.42 Å². The largest absolute Gasteiger partial charge is 0.455 e. The second kappa shape index (κ2) is 15.7. The smallest absolute Gasteiger partial charge is 0.198 e. The summed E-state index contributed by atoms with van der Waals surface area (Å²) in [6.07, 6.45) is 2.29. The van der Waals surface area contributed by atoms with Gasteiger partial charge in [-0.15, -0.1) is 11.3 Å².